The third kappa shape index (κ3) is 3.85. The molecule has 0 aliphatic heterocycles. The minimum absolute atomic E-state index is 0.181. The second kappa shape index (κ2) is 7.09. The first kappa shape index (κ1) is 16.0. The molecular formula is C16H13BrN2O3. The van der Waals surface area contributed by atoms with Gasteiger partial charge in [-0.05, 0) is 35.0 Å². The van der Waals surface area contributed by atoms with Crippen molar-refractivity contribution in [3.8, 4) is 0 Å². The van der Waals surface area contributed by atoms with Crippen molar-refractivity contribution in [3.63, 3.8) is 0 Å². The topological polar surface area (TPSA) is 79.1 Å². The van der Waals surface area contributed by atoms with E-state index in [0.717, 1.165) is 5.56 Å². The summed E-state index contributed by atoms with van der Waals surface area (Å²) in [6.07, 6.45) is 0. The SMILES string of the molecule is Cc1ccc(/N=N/C(Br)C(=O)O)c(C(=O)c2ccccc2)c1. The van der Waals surface area contributed by atoms with Gasteiger partial charge in [0, 0.05) is 5.56 Å². The van der Waals surface area contributed by atoms with Crippen molar-refractivity contribution >= 4 is 33.4 Å². The minimum atomic E-state index is -1.15. The van der Waals surface area contributed by atoms with Crippen LogP contribution in [0.3, 0.4) is 0 Å². The molecule has 0 saturated heterocycles. The second-order valence-corrected chi connectivity index (χ2v) is 5.47. The number of carboxylic acids is 1. The molecule has 112 valence electrons. The Kier molecular flexibility index (Phi) is 5.16. The summed E-state index contributed by atoms with van der Waals surface area (Å²) in [6.45, 7) is 1.87. The monoisotopic (exact) mass is 360 g/mol. The largest absolute Gasteiger partial charge is 0.479 e. The molecule has 0 heterocycles. The maximum atomic E-state index is 12.6. The highest BCUT2D eigenvalue weighted by molar-refractivity contribution is 9.10. The van der Waals surface area contributed by atoms with Gasteiger partial charge in [-0.15, -0.1) is 0 Å². The highest BCUT2D eigenvalue weighted by Gasteiger charge is 2.15. The molecular weight excluding hydrogens is 348 g/mol. The first-order chi connectivity index (χ1) is 10.5. The Morgan fingerprint density at radius 2 is 1.82 bits per heavy atom. The molecule has 1 atom stereocenters. The first-order valence-corrected chi connectivity index (χ1v) is 7.38. The van der Waals surface area contributed by atoms with Gasteiger partial charge in [-0.2, -0.15) is 10.2 Å². The van der Waals surface area contributed by atoms with E-state index in [1.807, 2.05) is 13.0 Å². The number of rotatable bonds is 5. The standard InChI is InChI=1S/C16H13BrN2O3/c1-10-7-8-13(18-19-15(17)16(21)22)12(9-10)14(20)11-5-3-2-4-6-11/h2-9,15H,1H3,(H,21,22)/b19-18+. The van der Waals surface area contributed by atoms with Gasteiger partial charge in [0.2, 0.25) is 4.95 Å². The zero-order valence-corrected chi connectivity index (χ0v) is 13.3. The van der Waals surface area contributed by atoms with E-state index >= 15 is 0 Å². The average molecular weight is 361 g/mol. The molecule has 0 aliphatic carbocycles. The molecule has 2 aromatic rings. The Morgan fingerprint density at radius 1 is 1.14 bits per heavy atom. The van der Waals surface area contributed by atoms with Crippen molar-refractivity contribution in [1.82, 2.24) is 0 Å². The summed E-state index contributed by atoms with van der Waals surface area (Å²) < 4.78 is 0. The van der Waals surface area contributed by atoms with Crippen LogP contribution in [0.5, 0.6) is 0 Å². The fourth-order valence-corrected chi connectivity index (χ4v) is 1.92. The molecule has 0 spiro atoms. The number of carbonyl (C=O) groups is 2. The summed E-state index contributed by atoms with van der Waals surface area (Å²) in [4.78, 5) is 22.2. The van der Waals surface area contributed by atoms with Gasteiger partial charge in [0.1, 0.15) is 0 Å². The number of ketones is 1. The number of carboxylic acid groups (broad SMARTS) is 1. The number of benzene rings is 2. The van der Waals surface area contributed by atoms with Crippen LogP contribution in [0, 0.1) is 6.92 Å². The van der Waals surface area contributed by atoms with Gasteiger partial charge in [-0.3, -0.25) is 4.79 Å². The molecule has 1 unspecified atom stereocenters. The van der Waals surface area contributed by atoms with Gasteiger partial charge in [0.05, 0.1) is 11.3 Å². The maximum absolute atomic E-state index is 12.6. The summed E-state index contributed by atoms with van der Waals surface area (Å²) >= 11 is 2.88. The zero-order chi connectivity index (χ0) is 16.1. The quantitative estimate of drug-likeness (QED) is 0.377. The van der Waals surface area contributed by atoms with Crippen molar-refractivity contribution in [3.05, 3.63) is 65.2 Å². The highest BCUT2D eigenvalue weighted by atomic mass is 79.9. The van der Waals surface area contributed by atoms with Gasteiger partial charge in [-0.1, -0.05) is 42.0 Å². The van der Waals surface area contributed by atoms with E-state index in [-0.39, 0.29) is 5.78 Å². The number of alkyl halides is 1. The minimum Gasteiger partial charge on any atom is -0.479 e. The zero-order valence-electron chi connectivity index (χ0n) is 11.7. The predicted octanol–water partition coefficient (Wildman–Crippen LogP) is 4.12. The highest BCUT2D eigenvalue weighted by Crippen LogP contribution is 2.25. The van der Waals surface area contributed by atoms with E-state index < -0.39 is 10.9 Å². The average Bonchev–Trinajstić information content (AvgIpc) is 2.53. The Balaban J connectivity index is 2.40. The van der Waals surface area contributed by atoms with Crippen LogP contribution in [-0.2, 0) is 4.79 Å². The molecule has 0 radical (unpaired) electrons. The Morgan fingerprint density at radius 3 is 2.45 bits per heavy atom. The van der Waals surface area contributed by atoms with Crippen LogP contribution in [0.25, 0.3) is 0 Å². The Hall–Kier alpha value is -2.34. The molecule has 0 amide bonds. The van der Waals surface area contributed by atoms with Gasteiger partial charge >= 0.3 is 5.97 Å². The van der Waals surface area contributed by atoms with Crippen LogP contribution >= 0.6 is 15.9 Å². The lowest BCUT2D eigenvalue weighted by atomic mass is 10.00. The Bertz CT molecular complexity index is 729. The van der Waals surface area contributed by atoms with E-state index in [4.69, 9.17) is 5.11 Å². The van der Waals surface area contributed by atoms with Crippen LogP contribution < -0.4 is 0 Å². The van der Waals surface area contributed by atoms with Crippen LogP contribution in [0.1, 0.15) is 21.5 Å². The molecule has 0 bridgehead atoms. The number of aliphatic carboxylic acids is 1. The maximum Gasteiger partial charge on any atom is 0.341 e. The third-order valence-electron chi connectivity index (χ3n) is 2.90. The van der Waals surface area contributed by atoms with Crippen molar-refractivity contribution < 1.29 is 14.7 Å². The number of carbonyl (C=O) groups excluding carboxylic acids is 1. The summed E-state index contributed by atoms with van der Waals surface area (Å²) in [5.41, 5.74) is 2.18. The van der Waals surface area contributed by atoms with Crippen LogP contribution in [0.2, 0.25) is 0 Å². The third-order valence-corrected chi connectivity index (χ3v) is 3.48. The molecule has 2 rings (SSSR count). The molecule has 2 aromatic carbocycles. The number of hydrogen-bond donors (Lipinski definition) is 1. The fraction of sp³-hybridized carbons (Fsp3) is 0.125. The van der Waals surface area contributed by atoms with Crippen LogP contribution in [0.4, 0.5) is 5.69 Å². The molecule has 5 nitrogen and oxygen atoms in total. The second-order valence-electron chi connectivity index (χ2n) is 4.61. The van der Waals surface area contributed by atoms with Crippen molar-refractivity contribution in [1.29, 1.82) is 0 Å². The number of aryl methyl sites for hydroxylation is 1. The summed E-state index contributed by atoms with van der Waals surface area (Å²) in [7, 11) is 0. The van der Waals surface area contributed by atoms with Crippen molar-refractivity contribution in [2.45, 2.75) is 11.9 Å². The van der Waals surface area contributed by atoms with Crippen molar-refractivity contribution in [2.24, 2.45) is 10.2 Å². The first-order valence-electron chi connectivity index (χ1n) is 6.47. The summed E-state index contributed by atoms with van der Waals surface area (Å²) in [6, 6.07) is 14.0. The van der Waals surface area contributed by atoms with E-state index in [1.54, 1.807) is 42.5 Å². The van der Waals surface area contributed by atoms with E-state index in [1.165, 1.54) is 0 Å². The van der Waals surface area contributed by atoms with Crippen LogP contribution in [-0.4, -0.2) is 21.8 Å². The summed E-state index contributed by atoms with van der Waals surface area (Å²) in [5, 5.41) is 16.3. The van der Waals surface area contributed by atoms with Gasteiger partial charge in [-0.25, -0.2) is 4.79 Å². The lowest BCUT2D eigenvalue weighted by molar-refractivity contribution is -0.136. The van der Waals surface area contributed by atoms with Crippen LogP contribution in [0.15, 0.2) is 58.8 Å². The molecule has 0 fully saturated rings. The molecule has 22 heavy (non-hydrogen) atoms. The molecule has 0 saturated carbocycles. The lowest BCUT2D eigenvalue weighted by Gasteiger charge is -2.06. The number of hydrogen-bond acceptors (Lipinski definition) is 4. The summed E-state index contributed by atoms with van der Waals surface area (Å²) in [5.74, 6) is -1.33. The van der Waals surface area contributed by atoms with Gasteiger partial charge < -0.3 is 5.11 Å². The number of azo groups is 1. The number of nitrogens with zero attached hydrogens (tertiary/aromatic N) is 2. The predicted molar refractivity (Wildman–Crippen MR) is 85.9 cm³/mol. The fourth-order valence-electron chi connectivity index (χ4n) is 1.83. The van der Waals surface area contributed by atoms with E-state index in [0.29, 0.717) is 16.8 Å². The lowest BCUT2D eigenvalue weighted by Crippen LogP contribution is -2.08. The van der Waals surface area contributed by atoms with Crippen molar-refractivity contribution in [2.75, 3.05) is 0 Å². The van der Waals surface area contributed by atoms with Gasteiger partial charge in [0.25, 0.3) is 0 Å². The van der Waals surface area contributed by atoms with E-state index in [9.17, 15) is 9.59 Å². The smallest absolute Gasteiger partial charge is 0.341 e. The Labute approximate surface area is 135 Å². The molecule has 0 aromatic heterocycles. The molecule has 0 aliphatic rings. The number of halogens is 1. The van der Waals surface area contributed by atoms with E-state index in [2.05, 4.69) is 26.2 Å². The molecule has 6 heteroatoms. The normalized spacial score (nSPS) is 12.3. The molecule has 1 N–H and O–H groups in total. The van der Waals surface area contributed by atoms with Gasteiger partial charge in [0.15, 0.2) is 5.78 Å².